The number of rotatable bonds is 4. The molecule has 0 aliphatic carbocycles. The van der Waals surface area contributed by atoms with Crippen LogP contribution in [0.3, 0.4) is 0 Å². The van der Waals surface area contributed by atoms with Gasteiger partial charge in [-0.1, -0.05) is 48.6 Å². The second-order valence-corrected chi connectivity index (χ2v) is 5.24. The molecule has 2 aromatic carbocycles. The molecule has 0 N–H and O–H groups in total. The Morgan fingerprint density at radius 1 is 0.600 bits per heavy atom. The van der Waals surface area contributed by atoms with E-state index < -0.39 is 0 Å². The Labute approximate surface area is 122 Å². The van der Waals surface area contributed by atoms with Crippen molar-refractivity contribution in [3.8, 4) is 0 Å². The van der Waals surface area contributed by atoms with Crippen molar-refractivity contribution in [2.45, 2.75) is 0 Å². The van der Waals surface area contributed by atoms with Crippen LogP contribution in [0.5, 0.6) is 0 Å². The van der Waals surface area contributed by atoms with Crippen molar-refractivity contribution in [2.75, 3.05) is 38.0 Å². The molecule has 0 saturated carbocycles. The number of benzene rings is 2. The van der Waals surface area contributed by atoms with Crippen LogP contribution in [-0.4, -0.2) is 28.2 Å². The Balaban J connectivity index is 2.35. The molecule has 104 valence electrons. The zero-order valence-corrected chi connectivity index (χ0v) is 12.7. The van der Waals surface area contributed by atoms with Crippen LogP contribution >= 0.6 is 0 Å². The molecule has 0 radical (unpaired) electrons. The van der Waals surface area contributed by atoms with Crippen LogP contribution in [0.1, 0.15) is 11.1 Å². The topological polar surface area (TPSA) is 6.48 Å². The molecule has 0 aliphatic rings. The van der Waals surface area contributed by atoms with Gasteiger partial charge in [0.2, 0.25) is 0 Å². The molecular weight excluding hydrogens is 244 g/mol. The molecule has 2 nitrogen and oxygen atoms in total. The maximum absolute atomic E-state index is 2.18. The first kappa shape index (κ1) is 14.2. The molecule has 0 aliphatic heterocycles. The third-order valence-corrected chi connectivity index (χ3v) is 3.28. The highest BCUT2D eigenvalue weighted by atomic mass is 15.1. The second-order valence-electron chi connectivity index (χ2n) is 5.24. The zero-order valence-electron chi connectivity index (χ0n) is 12.7. The molecule has 0 spiro atoms. The third-order valence-electron chi connectivity index (χ3n) is 3.28. The first-order chi connectivity index (χ1) is 9.59. The van der Waals surface area contributed by atoms with Crippen LogP contribution in [-0.2, 0) is 0 Å². The van der Waals surface area contributed by atoms with Gasteiger partial charge < -0.3 is 9.80 Å². The minimum Gasteiger partial charge on any atom is -0.377 e. The number of nitrogens with zero attached hydrogens (tertiary/aromatic N) is 2. The summed E-state index contributed by atoms with van der Waals surface area (Å²) in [4.78, 5) is 4.27. The van der Waals surface area contributed by atoms with Crippen molar-refractivity contribution in [2.24, 2.45) is 0 Å². The smallest absolute Gasteiger partial charge is 0.0434 e. The third kappa shape index (κ3) is 3.21. The van der Waals surface area contributed by atoms with Gasteiger partial charge in [0.15, 0.2) is 0 Å². The number of hydrogen-bond acceptors (Lipinski definition) is 2. The van der Waals surface area contributed by atoms with Crippen LogP contribution < -0.4 is 9.80 Å². The fourth-order valence-corrected chi connectivity index (χ4v) is 2.25. The van der Waals surface area contributed by atoms with Gasteiger partial charge >= 0.3 is 0 Å². The highest BCUT2D eigenvalue weighted by Crippen LogP contribution is 2.24. The van der Waals surface area contributed by atoms with Crippen molar-refractivity contribution in [3.63, 3.8) is 0 Å². The lowest BCUT2D eigenvalue weighted by Crippen LogP contribution is -2.10. The molecule has 0 heterocycles. The van der Waals surface area contributed by atoms with Crippen LogP contribution in [0.25, 0.3) is 12.2 Å². The van der Waals surface area contributed by atoms with Crippen molar-refractivity contribution in [1.82, 2.24) is 0 Å². The average molecular weight is 266 g/mol. The second kappa shape index (κ2) is 6.29. The van der Waals surface area contributed by atoms with Gasteiger partial charge in [0.05, 0.1) is 0 Å². The summed E-state index contributed by atoms with van der Waals surface area (Å²) in [6.45, 7) is 0. The fourth-order valence-electron chi connectivity index (χ4n) is 2.25. The van der Waals surface area contributed by atoms with Gasteiger partial charge in [0.1, 0.15) is 0 Å². The quantitative estimate of drug-likeness (QED) is 0.772. The van der Waals surface area contributed by atoms with E-state index in [9.17, 15) is 0 Å². The van der Waals surface area contributed by atoms with Crippen LogP contribution in [0, 0.1) is 0 Å². The van der Waals surface area contributed by atoms with E-state index in [1.165, 1.54) is 22.5 Å². The average Bonchev–Trinajstić information content (AvgIpc) is 2.45. The van der Waals surface area contributed by atoms with Crippen molar-refractivity contribution >= 4 is 23.5 Å². The van der Waals surface area contributed by atoms with E-state index in [4.69, 9.17) is 0 Å². The number of anilines is 2. The summed E-state index contributed by atoms with van der Waals surface area (Å²) in [5, 5.41) is 0. The largest absolute Gasteiger partial charge is 0.377 e. The van der Waals surface area contributed by atoms with Gasteiger partial charge in [0.25, 0.3) is 0 Å². The lowest BCUT2D eigenvalue weighted by atomic mass is 10.1. The predicted octanol–water partition coefficient (Wildman–Crippen LogP) is 3.99. The maximum Gasteiger partial charge on any atom is 0.0434 e. The Bertz CT molecular complexity index is 544. The van der Waals surface area contributed by atoms with Crippen molar-refractivity contribution in [1.29, 1.82) is 0 Å². The molecule has 2 rings (SSSR count). The fraction of sp³-hybridized carbons (Fsp3) is 0.222. The van der Waals surface area contributed by atoms with Crippen LogP contribution in [0.4, 0.5) is 11.4 Å². The van der Waals surface area contributed by atoms with E-state index in [1.807, 2.05) is 0 Å². The lowest BCUT2D eigenvalue weighted by molar-refractivity contribution is 1.13. The summed E-state index contributed by atoms with van der Waals surface area (Å²) < 4.78 is 0. The lowest BCUT2D eigenvalue weighted by Gasteiger charge is -2.16. The van der Waals surface area contributed by atoms with Crippen LogP contribution in [0.2, 0.25) is 0 Å². The zero-order chi connectivity index (χ0) is 14.5. The first-order valence-corrected chi connectivity index (χ1v) is 6.80. The predicted molar refractivity (Wildman–Crippen MR) is 90.5 cm³/mol. The SMILES string of the molecule is CN(C)c1ccccc1C=Cc1ccccc1N(C)C. The Morgan fingerprint density at radius 3 is 1.30 bits per heavy atom. The summed E-state index contributed by atoms with van der Waals surface area (Å²) in [5.41, 5.74) is 4.91. The van der Waals surface area contributed by atoms with E-state index in [1.54, 1.807) is 0 Å². The monoisotopic (exact) mass is 266 g/mol. The van der Waals surface area contributed by atoms with Gasteiger partial charge in [-0.05, 0) is 23.3 Å². The van der Waals surface area contributed by atoms with Crippen molar-refractivity contribution < 1.29 is 0 Å². The maximum atomic E-state index is 2.18. The molecule has 0 saturated heterocycles. The Morgan fingerprint density at radius 2 is 0.950 bits per heavy atom. The van der Waals surface area contributed by atoms with Gasteiger partial charge in [-0.3, -0.25) is 0 Å². The van der Waals surface area contributed by atoms with Gasteiger partial charge in [0, 0.05) is 39.6 Å². The summed E-state index contributed by atoms with van der Waals surface area (Å²) in [6.07, 6.45) is 4.36. The molecule has 0 aromatic heterocycles. The minimum absolute atomic E-state index is 1.23. The molecule has 2 heteroatoms. The summed E-state index contributed by atoms with van der Waals surface area (Å²) in [5.74, 6) is 0. The van der Waals surface area contributed by atoms with Gasteiger partial charge in [-0.2, -0.15) is 0 Å². The van der Waals surface area contributed by atoms with Gasteiger partial charge in [-0.15, -0.1) is 0 Å². The molecule has 2 aromatic rings. The summed E-state index contributed by atoms with van der Waals surface area (Å²) in [7, 11) is 8.28. The minimum atomic E-state index is 1.23. The number of hydrogen-bond donors (Lipinski definition) is 0. The number of para-hydroxylation sites is 2. The molecule has 0 fully saturated rings. The summed E-state index contributed by atoms with van der Waals surface area (Å²) in [6, 6.07) is 16.8. The highest BCUT2D eigenvalue weighted by Gasteiger charge is 2.02. The van der Waals surface area contributed by atoms with E-state index in [0.29, 0.717) is 0 Å². The normalized spacial score (nSPS) is 10.8. The molecule has 20 heavy (non-hydrogen) atoms. The van der Waals surface area contributed by atoms with E-state index >= 15 is 0 Å². The molecule has 0 atom stereocenters. The van der Waals surface area contributed by atoms with Crippen molar-refractivity contribution in [3.05, 3.63) is 59.7 Å². The molecule has 0 amide bonds. The Hall–Kier alpha value is -2.22. The highest BCUT2D eigenvalue weighted by molar-refractivity contribution is 5.81. The van der Waals surface area contributed by atoms with E-state index in [-0.39, 0.29) is 0 Å². The Kier molecular flexibility index (Phi) is 4.46. The summed E-state index contributed by atoms with van der Waals surface area (Å²) >= 11 is 0. The van der Waals surface area contributed by atoms with Gasteiger partial charge in [-0.25, -0.2) is 0 Å². The van der Waals surface area contributed by atoms with E-state index in [0.717, 1.165) is 0 Å². The molecule has 0 unspecified atom stereocenters. The standard InChI is InChI=1S/C18H22N2/c1-19(2)17-11-7-5-9-15(17)13-14-16-10-6-8-12-18(16)20(3)4/h5-14H,1-4H3. The first-order valence-electron chi connectivity index (χ1n) is 6.80. The molecule has 0 bridgehead atoms. The molecular formula is C18H22N2. The van der Waals surface area contributed by atoms with E-state index in [2.05, 4.69) is 98.7 Å². The van der Waals surface area contributed by atoms with Crippen LogP contribution in [0.15, 0.2) is 48.5 Å².